The summed E-state index contributed by atoms with van der Waals surface area (Å²) in [5, 5.41) is 3.81. The molecule has 1 saturated carbocycles. The van der Waals surface area contributed by atoms with Gasteiger partial charge in [0.25, 0.3) is 0 Å². The second kappa shape index (κ2) is 6.33. The van der Waals surface area contributed by atoms with Gasteiger partial charge in [-0.15, -0.1) is 0 Å². The van der Waals surface area contributed by atoms with Crippen molar-refractivity contribution in [3.05, 3.63) is 0 Å². The molecule has 0 aromatic heterocycles. The Balaban J connectivity index is 1.66. The minimum absolute atomic E-state index is 0.137. The molecule has 2 saturated heterocycles. The van der Waals surface area contributed by atoms with Gasteiger partial charge in [-0.1, -0.05) is 13.8 Å². The molecule has 3 unspecified atom stereocenters. The molecule has 116 valence electrons. The highest BCUT2D eigenvalue weighted by molar-refractivity contribution is 4.96. The van der Waals surface area contributed by atoms with Gasteiger partial charge in [-0.3, -0.25) is 0 Å². The third kappa shape index (κ3) is 3.20. The van der Waals surface area contributed by atoms with Crippen molar-refractivity contribution >= 4 is 0 Å². The zero-order valence-corrected chi connectivity index (χ0v) is 13.2. The van der Waals surface area contributed by atoms with Crippen molar-refractivity contribution < 1.29 is 9.47 Å². The number of hydrogen-bond donors (Lipinski definition) is 1. The predicted molar refractivity (Wildman–Crippen MR) is 80.8 cm³/mol. The SMILES string of the molecule is CCNC(C1CCOC2(CCOCC2)C1)C(C)C1CC1. The van der Waals surface area contributed by atoms with E-state index in [1.54, 1.807) is 0 Å². The van der Waals surface area contributed by atoms with Crippen LogP contribution in [-0.2, 0) is 9.47 Å². The molecule has 3 fully saturated rings. The summed E-state index contributed by atoms with van der Waals surface area (Å²) in [5.74, 6) is 2.60. The topological polar surface area (TPSA) is 30.5 Å². The maximum absolute atomic E-state index is 6.21. The fraction of sp³-hybridized carbons (Fsp3) is 1.00. The highest BCUT2D eigenvalue weighted by Crippen LogP contribution is 2.44. The summed E-state index contributed by atoms with van der Waals surface area (Å²) in [6, 6.07) is 0.691. The number of ether oxygens (including phenoxy) is 2. The van der Waals surface area contributed by atoms with Crippen molar-refractivity contribution in [3.63, 3.8) is 0 Å². The molecule has 2 heterocycles. The van der Waals surface area contributed by atoms with E-state index in [2.05, 4.69) is 19.2 Å². The van der Waals surface area contributed by atoms with Crippen molar-refractivity contribution in [1.29, 1.82) is 0 Å². The van der Waals surface area contributed by atoms with E-state index in [1.807, 2.05) is 0 Å². The lowest BCUT2D eigenvalue weighted by Gasteiger charge is -2.46. The van der Waals surface area contributed by atoms with Crippen LogP contribution in [0.2, 0.25) is 0 Å². The van der Waals surface area contributed by atoms with Gasteiger partial charge in [0, 0.05) is 25.9 Å². The molecule has 3 nitrogen and oxygen atoms in total. The molecule has 3 atom stereocenters. The van der Waals surface area contributed by atoms with Crippen molar-refractivity contribution in [2.24, 2.45) is 17.8 Å². The maximum atomic E-state index is 6.21. The molecule has 1 spiro atoms. The summed E-state index contributed by atoms with van der Waals surface area (Å²) in [6.45, 7) is 8.53. The summed E-state index contributed by atoms with van der Waals surface area (Å²) in [7, 11) is 0. The molecule has 0 radical (unpaired) electrons. The van der Waals surface area contributed by atoms with Gasteiger partial charge < -0.3 is 14.8 Å². The zero-order chi connectivity index (χ0) is 14.0. The summed E-state index contributed by atoms with van der Waals surface area (Å²) in [6.07, 6.45) is 7.57. The van der Waals surface area contributed by atoms with Crippen LogP contribution in [0.3, 0.4) is 0 Å². The predicted octanol–water partition coefficient (Wildman–Crippen LogP) is 2.99. The molecule has 1 aliphatic carbocycles. The molecule has 0 bridgehead atoms. The van der Waals surface area contributed by atoms with Gasteiger partial charge in [0.15, 0.2) is 0 Å². The lowest BCUT2D eigenvalue weighted by Crippen LogP contribution is -2.51. The van der Waals surface area contributed by atoms with Crippen LogP contribution in [0.25, 0.3) is 0 Å². The van der Waals surface area contributed by atoms with Crippen LogP contribution in [0.5, 0.6) is 0 Å². The maximum Gasteiger partial charge on any atom is 0.0729 e. The van der Waals surface area contributed by atoms with Crippen LogP contribution < -0.4 is 5.32 Å². The highest BCUT2D eigenvalue weighted by atomic mass is 16.5. The van der Waals surface area contributed by atoms with Gasteiger partial charge in [-0.2, -0.15) is 0 Å². The van der Waals surface area contributed by atoms with Crippen LogP contribution in [-0.4, -0.2) is 38.0 Å². The zero-order valence-electron chi connectivity index (χ0n) is 13.2. The van der Waals surface area contributed by atoms with Gasteiger partial charge in [0.1, 0.15) is 0 Å². The first-order valence-electron chi connectivity index (χ1n) is 8.69. The molecule has 0 amide bonds. The van der Waals surface area contributed by atoms with Crippen molar-refractivity contribution in [2.75, 3.05) is 26.4 Å². The van der Waals surface area contributed by atoms with Gasteiger partial charge >= 0.3 is 0 Å². The summed E-state index contributed by atoms with van der Waals surface area (Å²) >= 11 is 0. The molecule has 20 heavy (non-hydrogen) atoms. The molecule has 1 N–H and O–H groups in total. The quantitative estimate of drug-likeness (QED) is 0.840. The lowest BCUT2D eigenvalue weighted by atomic mass is 9.74. The molecule has 0 aromatic rings. The first-order valence-corrected chi connectivity index (χ1v) is 8.69. The van der Waals surface area contributed by atoms with Crippen LogP contribution in [0.15, 0.2) is 0 Å². The number of nitrogens with one attached hydrogen (secondary N) is 1. The van der Waals surface area contributed by atoms with E-state index < -0.39 is 0 Å². The number of rotatable bonds is 5. The Kier molecular flexibility index (Phi) is 4.68. The Bertz CT molecular complexity index is 305. The Morgan fingerprint density at radius 1 is 1.10 bits per heavy atom. The molecule has 3 heteroatoms. The van der Waals surface area contributed by atoms with E-state index in [9.17, 15) is 0 Å². The summed E-state index contributed by atoms with van der Waals surface area (Å²) in [4.78, 5) is 0. The Morgan fingerprint density at radius 3 is 2.50 bits per heavy atom. The molecule has 2 aliphatic heterocycles. The third-order valence-corrected chi connectivity index (χ3v) is 5.81. The Hall–Kier alpha value is -0.120. The minimum atomic E-state index is 0.137. The largest absolute Gasteiger partial charge is 0.381 e. The van der Waals surface area contributed by atoms with Gasteiger partial charge in [-0.05, 0) is 62.8 Å². The van der Waals surface area contributed by atoms with E-state index in [-0.39, 0.29) is 5.60 Å². The molecule has 0 aromatic carbocycles. The molecule has 3 rings (SSSR count). The second-order valence-electron chi connectivity index (χ2n) is 7.18. The van der Waals surface area contributed by atoms with E-state index in [0.717, 1.165) is 57.0 Å². The Labute approximate surface area is 123 Å². The van der Waals surface area contributed by atoms with E-state index >= 15 is 0 Å². The van der Waals surface area contributed by atoms with Crippen molar-refractivity contribution in [2.45, 2.75) is 64.0 Å². The first-order chi connectivity index (χ1) is 9.74. The van der Waals surface area contributed by atoms with Gasteiger partial charge in [-0.25, -0.2) is 0 Å². The van der Waals surface area contributed by atoms with Crippen LogP contribution >= 0.6 is 0 Å². The molecule has 3 aliphatic rings. The fourth-order valence-corrected chi connectivity index (χ4v) is 4.40. The number of hydrogen-bond acceptors (Lipinski definition) is 3. The second-order valence-corrected chi connectivity index (χ2v) is 7.18. The van der Waals surface area contributed by atoms with Crippen LogP contribution in [0, 0.1) is 17.8 Å². The van der Waals surface area contributed by atoms with E-state index in [4.69, 9.17) is 9.47 Å². The lowest BCUT2D eigenvalue weighted by molar-refractivity contribution is -0.151. The van der Waals surface area contributed by atoms with Gasteiger partial charge in [0.05, 0.1) is 5.60 Å². The van der Waals surface area contributed by atoms with E-state index in [1.165, 1.54) is 25.7 Å². The van der Waals surface area contributed by atoms with E-state index in [0.29, 0.717) is 6.04 Å². The summed E-state index contributed by atoms with van der Waals surface area (Å²) in [5.41, 5.74) is 0.137. The third-order valence-electron chi connectivity index (χ3n) is 5.81. The highest BCUT2D eigenvalue weighted by Gasteiger charge is 2.44. The van der Waals surface area contributed by atoms with Crippen LogP contribution in [0.1, 0.15) is 52.4 Å². The minimum Gasteiger partial charge on any atom is -0.381 e. The van der Waals surface area contributed by atoms with Crippen molar-refractivity contribution in [3.8, 4) is 0 Å². The van der Waals surface area contributed by atoms with Crippen molar-refractivity contribution in [1.82, 2.24) is 5.32 Å². The normalized spacial score (nSPS) is 33.0. The summed E-state index contributed by atoms with van der Waals surface area (Å²) < 4.78 is 11.8. The smallest absolute Gasteiger partial charge is 0.0729 e. The average molecular weight is 281 g/mol. The molecular formula is C17H31NO2. The monoisotopic (exact) mass is 281 g/mol. The molecular weight excluding hydrogens is 250 g/mol. The van der Waals surface area contributed by atoms with Gasteiger partial charge in [0.2, 0.25) is 0 Å². The first kappa shape index (κ1) is 14.8. The van der Waals surface area contributed by atoms with Crippen LogP contribution in [0.4, 0.5) is 0 Å². The average Bonchev–Trinajstić information content (AvgIpc) is 3.29. The standard InChI is InChI=1S/C17H31NO2/c1-3-18-16(13(2)14-4-5-14)15-6-9-20-17(12-15)7-10-19-11-8-17/h13-16,18H,3-12H2,1-2H3. The Morgan fingerprint density at radius 2 is 1.85 bits per heavy atom. The fourth-order valence-electron chi connectivity index (χ4n) is 4.40.